The Morgan fingerprint density at radius 3 is 3.04 bits per heavy atom. The van der Waals surface area contributed by atoms with Gasteiger partial charge < -0.3 is 5.32 Å². The molecule has 2 heterocycles. The fourth-order valence-corrected chi connectivity index (χ4v) is 4.93. The Bertz CT molecular complexity index is 530. The Balaban J connectivity index is 1.45. The van der Waals surface area contributed by atoms with Crippen LogP contribution in [0.15, 0.2) is 5.10 Å². The van der Waals surface area contributed by atoms with Crippen molar-refractivity contribution in [1.82, 2.24) is 15.6 Å². The maximum Gasteiger partial charge on any atom is 0.269 e. The highest BCUT2D eigenvalue weighted by Crippen LogP contribution is 2.34. The maximum atomic E-state index is 13.5. The van der Waals surface area contributed by atoms with Gasteiger partial charge in [0.15, 0.2) is 0 Å². The lowest BCUT2D eigenvalue weighted by molar-refractivity contribution is -0.130. The van der Waals surface area contributed by atoms with Gasteiger partial charge in [0.1, 0.15) is 17.4 Å². The van der Waals surface area contributed by atoms with Gasteiger partial charge in [0, 0.05) is 31.7 Å². The highest BCUT2D eigenvalue weighted by atomic mass is 32.2. The first-order valence-electron chi connectivity index (χ1n) is 8.69. The summed E-state index contributed by atoms with van der Waals surface area (Å²) in [6, 6.07) is 0. The van der Waals surface area contributed by atoms with Crippen molar-refractivity contribution in [1.29, 1.82) is 0 Å². The van der Waals surface area contributed by atoms with Crippen LogP contribution in [0.5, 0.6) is 0 Å². The van der Waals surface area contributed by atoms with Gasteiger partial charge in [-0.1, -0.05) is 12.8 Å². The SMILES string of the molecule is CN1N=C(C(=O)NC2NCC(CC3CCCC(F)C3)S2)CCC1=O. The predicted molar refractivity (Wildman–Crippen MR) is 92.2 cm³/mol. The molecule has 3 aliphatic rings. The molecule has 0 aromatic carbocycles. The number of carbonyl (C=O) groups excluding carboxylic acids is 2. The van der Waals surface area contributed by atoms with Crippen LogP contribution < -0.4 is 10.6 Å². The summed E-state index contributed by atoms with van der Waals surface area (Å²) < 4.78 is 13.5. The number of alkyl halides is 1. The first-order valence-corrected chi connectivity index (χ1v) is 9.63. The number of hydrogen-bond acceptors (Lipinski definition) is 5. The number of nitrogens with zero attached hydrogens (tertiary/aromatic N) is 2. The van der Waals surface area contributed by atoms with Gasteiger partial charge in [-0.15, -0.1) is 11.8 Å². The van der Waals surface area contributed by atoms with Crippen LogP contribution in [-0.2, 0) is 9.59 Å². The minimum Gasteiger partial charge on any atom is -0.327 e. The lowest BCUT2D eigenvalue weighted by Gasteiger charge is -2.26. The fourth-order valence-electron chi connectivity index (χ4n) is 3.60. The summed E-state index contributed by atoms with van der Waals surface area (Å²) in [4.78, 5) is 23.7. The molecule has 6 nitrogen and oxygen atoms in total. The Morgan fingerprint density at radius 1 is 1.46 bits per heavy atom. The van der Waals surface area contributed by atoms with Gasteiger partial charge in [-0.05, 0) is 25.2 Å². The summed E-state index contributed by atoms with van der Waals surface area (Å²) in [5.74, 6) is 0.171. The van der Waals surface area contributed by atoms with Crippen molar-refractivity contribution in [3.05, 3.63) is 0 Å². The van der Waals surface area contributed by atoms with Crippen molar-refractivity contribution >= 4 is 29.3 Å². The molecular weight excluding hydrogens is 331 g/mol. The summed E-state index contributed by atoms with van der Waals surface area (Å²) in [5.41, 5.74) is 0.258. The Kier molecular flexibility index (Phi) is 5.76. The Labute approximate surface area is 146 Å². The van der Waals surface area contributed by atoms with E-state index in [1.807, 2.05) is 0 Å². The fraction of sp³-hybridized carbons (Fsp3) is 0.812. The quantitative estimate of drug-likeness (QED) is 0.803. The lowest BCUT2D eigenvalue weighted by atomic mass is 9.85. The molecule has 8 heteroatoms. The Hall–Kier alpha value is -1.15. The van der Waals surface area contributed by atoms with E-state index in [-0.39, 0.29) is 17.3 Å². The molecular formula is C16H25FN4O2S. The van der Waals surface area contributed by atoms with Gasteiger partial charge in [0.05, 0.1) is 0 Å². The second kappa shape index (κ2) is 7.82. The topological polar surface area (TPSA) is 73.8 Å². The molecule has 2 amide bonds. The summed E-state index contributed by atoms with van der Waals surface area (Å²) in [5, 5.41) is 11.9. The number of thioether (sulfide) groups is 1. The van der Waals surface area contributed by atoms with Crippen LogP contribution in [0.2, 0.25) is 0 Å². The average molecular weight is 356 g/mol. The molecule has 0 aromatic heterocycles. The van der Waals surface area contributed by atoms with Gasteiger partial charge in [0.25, 0.3) is 5.91 Å². The second-order valence-electron chi connectivity index (χ2n) is 6.85. The highest BCUT2D eigenvalue weighted by Gasteiger charge is 2.31. The summed E-state index contributed by atoms with van der Waals surface area (Å²) in [7, 11) is 1.57. The van der Waals surface area contributed by atoms with Gasteiger partial charge in [-0.25, -0.2) is 9.40 Å². The van der Waals surface area contributed by atoms with Gasteiger partial charge in [-0.2, -0.15) is 5.10 Å². The molecule has 0 radical (unpaired) electrons. The minimum absolute atomic E-state index is 0.0707. The third-order valence-corrected chi connectivity index (χ3v) is 6.21. The molecule has 0 aromatic rings. The average Bonchev–Trinajstić information content (AvgIpc) is 2.97. The van der Waals surface area contributed by atoms with E-state index in [9.17, 15) is 14.0 Å². The van der Waals surface area contributed by atoms with Crippen LogP contribution in [0, 0.1) is 5.92 Å². The normalized spacial score (nSPS) is 34.2. The molecule has 4 atom stereocenters. The first kappa shape index (κ1) is 17.7. The van der Waals surface area contributed by atoms with Crippen molar-refractivity contribution in [3.63, 3.8) is 0 Å². The molecule has 4 unspecified atom stereocenters. The molecule has 1 saturated heterocycles. The summed E-state index contributed by atoms with van der Waals surface area (Å²) >= 11 is 1.70. The van der Waals surface area contributed by atoms with Crippen LogP contribution in [0.25, 0.3) is 0 Å². The third kappa shape index (κ3) is 4.47. The van der Waals surface area contributed by atoms with Crippen molar-refractivity contribution in [2.75, 3.05) is 13.6 Å². The molecule has 24 heavy (non-hydrogen) atoms. The zero-order valence-electron chi connectivity index (χ0n) is 14.0. The zero-order chi connectivity index (χ0) is 17.1. The predicted octanol–water partition coefficient (Wildman–Crippen LogP) is 1.62. The maximum absolute atomic E-state index is 13.5. The number of nitrogens with one attached hydrogen (secondary N) is 2. The summed E-state index contributed by atoms with van der Waals surface area (Å²) in [6.07, 6.45) is 4.58. The smallest absolute Gasteiger partial charge is 0.269 e. The van der Waals surface area contributed by atoms with Crippen LogP contribution in [-0.4, -0.2) is 53.0 Å². The third-order valence-electron chi connectivity index (χ3n) is 4.91. The van der Waals surface area contributed by atoms with Crippen molar-refractivity contribution < 1.29 is 14.0 Å². The number of rotatable bonds is 4. The molecule has 0 bridgehead atoms. The highest BCUT2D eigenvalue weighted by molar-refractivity contribution is 8.00. The second-order valence-corrected chi connectivity index (χ2v) is 8.26. The standard InChI is InChI=1S/C16H25FN4O2S/c1-21-14(22)6-5-13(20-21)15(23)19-16-18-9-12(24-16)8-10-3-2-4-11(17)7-10/h10-12,16,18H,2-9H2,1H3,(H,19,23). The van der Waals surface area contributed by atoms with Crippen molar-refractivity contribution in [2.24, 2.45) is 11.0 Å². The first-order chi connectivity index (χ1) is 11.5. The number of halogens is 1. The Morgan fingerprint density at radius 2 is 2.29 bits per heavy atom. The van der Waals surface area contributed by atoms with E-state index in [2.05, 4.69) is 15.7 Å². The van der Waals surface area contributed by atoms with E-state index in [1.54, 1.807) is 18.8 Å². The number of amides is 2. The van der Waals surface area contributed by atoms with E-state index in [0.717, 1.165) is 25.8 Å². The van der Waals surface area contributed by atoms with Crippen LogP contribution >= 0.6 is 11.8 Å². The molecule has 2 N–H and O–H groups in total. The molecule has 2 aliphatic heterocycles. The molecule has 1 aliphatic carbocycles. The summed E-state index contributed by atoms with van der Waals surface area (Å²) in [6.45, 7) is 0.827. The van der Waals surface area contributed by atoms with Crippen molar-refractivity contribution in [2.45, 2.75) is 61.9 Å². The number of hydrazone groups is 1. The van der Waals surface area contributed by atoms with Crippen LogP contribution in [0.3, 0.4) is 0 Å². The molecule has 3 rings (SSSR count). The van der Waals surface area contributed by atoms with E-state index < -0.39 is 6.17 Å². The monoisotopic (exact) mass is 356 g/mol. The van der Waals surface area contributed by atoms with E-state index in [0.29, 0.717) is 42.6 Å². The van der Waals surface area contributed by atoms with Gasteiger partial charge >= 0.3 is 0 Å². The van der Waals surface area contributed by atoms with E-state index in [4.69, 9.17) is 0 Å². The van der Waals surface area contributed by atoms with Crippen molar-refractivity contribution in [3.8, 4) is 0 Å². The van der Waals surface area contributed by atoms with E-state index in [1.165, 1.54) is 5.01 Å². The lowest BCUT2D eigenvalue weighted by Crippen LogP contribution is -2.44. The zero-order valence-corrected chi connectivity index (χ0v) is 14.8. The van der Waals surface area contributed by atoms with Crippen LogP contribution in [0.4, 0.5) is 4.39 Å². The molecule has 0 spiro atoms. The molecule has 1 saturated carbocycles. The number of carbonyl (C=O) groups is 2. The van der Waals surface area contributed by atoms with Crippen LogP contribution in [0.1, 0.15) is 44.9 Å². The number of hydrogen-bond donors (Lipinski definition) is 2. The largest absolute Gasteiger partial charge is 0.327 e. The molecule has 2 fully saturated rings. The van der Waals surface area contributed by atoms with E-state index >= 15 is 0 Å². The molecule has 134 valence electrons. The van der Waals surface area contributed by atoms with Gasteiger partial charge in [0.2, 0.25) is 5.91 Å². The van der Waals surface area contributed by atoms with Gasteiger partial charge in [-0.3, -0.25) is 14.9 Å². The minimum atomic E-state index is -0.636.